The van der Waals surface area contributed by atoms with Crippen molar-refractivity contribution in [2.45, 2.75) is 19.3 Å². The number of para-hydroxylation sites is 1. The van der Waals surface area contributed by atoms with Gasteiger partial charge in [-0.1, -0.05) is 18.2 Å². The zero-order valence-corrected chi connectivity index (χ0v) is 14.7. The Bertz CT molecular complexity index is 691. The summed E-state index contributed by atoms with van der Waals surface area (Å²) in [4.78, 5) is 12.2. The molecule has 2 aromatic rings. The summed E-state index contributed by atoms with van der Waals surface area (Å²) < 4.78 is 19.3. The quantitative estimate of drug-likeness (QED) is 0.800. The lowest BCUT2D eigenvalue weighted by atomic mass is 10.0. The van der Waals surface area contributed by atoms with Crippen LogP contribution in [0.5, 0.6) is 11.5 Å². The second-order valence-corrected chi connectivity index (χ2v) is 6.00. The zero-order valence-electron chi connectivity index (χ0n) is 13.8. The molecule has 4 nitrogen and oxygen atoms in total. The molecule has 1 saturated heterocycles. The number of hydrogen-bond donors (Lipinski definition) is 2. The summed E-state index contributed by atoms with van der Waals surface area (Å²) >= 11 is 0. The molecule has 1 atom stereocenters. The minimum Gasteiger partial charge on any atom is -0.455 e. The summed E-state index contributed by atoms with van der Waals surface area (Å²) in [5.41, 5.74) is 0.355. The van der Waals surface area contributed by atoms with Crippen molar-refractivity contribution >= 4 is 24.0 Å². The molecule has 0 bridgehead atoms. The second-order valence-electron chi connectivity index (χ2n) is 6.00. The smallest absolute Gasteiger partial charge is 0.224 e. The van der Waals surface area contributed by atoms with E-state index in [4.69, 9.17) is 4.74 Å². The highest BCUT2D eigenvalue weighted by Gasteiger charge is 2.16. The van der Waals surface area contributed by atoms with Gasteiger partial charge in [0, 0.05) is 12.5 Å². The fourth-order valence-corrected chi connectivity index (χ4v) is 2.81. The number of carbonyl (C=O) groups is 1. The van der Waals surface area contributed by atoms with Gasteiger partial charge < -0.3 is 15.4 Å². The second kappa shape index (κ2) is 9.39. The average molecular weight is 365 g/mol. The van der Waals surface area contributed by atoms with E-state index in [-0.39, 0.29) is 18.3 Å². The predicted molar refractivity (Wildman–Crippen MR) is 99.0 cm³/mol. The number of anilines is 1. The standard InChI is InChI=1S/C19H21FN2O2.ClH/c20-15-7-8-18(24-16-4-2-1-3-5-16)17(12-15)22-19(23)9-6-14-10-11-21-13-14;/h1-5,7-8,12,14,21H,6,9-11,13H2,(H,22,23);1H. The monoisotopic (exact) mass is 364 g/mol. The van der Waals surface area contributed by atoms with Gasteiger partial charge in [0.2, 0.25) is 5.91 Å². The van der Waals surface area contributed by atoms with Crippen molar-refractivity contribution in [2.75, 3.05) is 18.4 Å². The third kappa shape index (κ3) is 5.73. The molecule has 0 aliphatic carbocycles. The fraction of sp³-hybridized carbons (Fsp3) is 0.316. The molecule has 25 heavy (non-hydrogen) atoms. The first-order valence-electron chi connectivity index (χ1n) is 8.24. The SMILES string of the molecule is Cl.O=C(CCC1CCNC1)Nc1cc(F)ccc1Oc1ccccc1. The van der Waals surface area contributed by atoms with E-state index in [1.165, 1.54) is 18.2 Å². The van der Waals surface area contributed by atoms with Crippen molar-refractivity contribution in [1.82, 2.24) is 5.32 Å². The molecule has 134 valence electrons. The van der Waals surface area contributed by atoms with Crippen LogP contribution in [0.25, 0.3) is 0 Å². The molecular formula is C19H22ClFN2O2. The van der Waals surface area contributed by atoms with E-state index in [2.05, 4.69) is 10.6 Å². The van der Waals surface area contributed by atoms with Crippen LogP contribution in [0.2, 0.25) is 0 Å². The van der Waals surface area contributed by atoms with E-state index >= 15 is 0 Å². The maximum atomic E-state index is 13.6. The van der Waals surface area contributed by atoms with Gasteiger partial charge in [0.15, 0.2) is 5.75 Å². The van der Waals surface area contributed by atoms with Gasteiger partial charge in [0.1, 0.15) is 11.6 Å². The highest BCUT2D eigenvalue weighted by Crippen LogP contribution is 2.30. The van der Waals surface area contributed by atoms with E-state index in [1.54, 1.807) is 0 Å². The Morgan fingerprint density at radius 2 is 2.04 bits per heavy atom. The summed E-state index contributed by atoms with van der Waals surface area (Å²) in [6.45, 7) is 1.99. The summed E-state index contributed by atoms with van der Waals surface area (Å²) in [6, 6.07) is 13.3. The molecule has 1 fully saturated rings. The average Bonchev–Trinajstić information content (AvgIpc) is 3.10. The number of rotatable bonds is 6. The Labute approximate surface area is 153 Å². The maximum Gasteiger partial charge on any atom is 0.224 e. The first kappa shape index (κ1) is 19.2. The Balaban J connectivity index is 0.00000225. The van der Waals surface area contributed by atoms with E-state index < -0.39 is 5.82 Å². The molecule has 0 spiro atoms. The number of amides is 1. The molecule has 1 aliphatic heterocycles. The lowest BCUT2D eigenvalue weighted by Crippen LogP contribution is -2.15. The number of nitrogens with one attached hydrogen (secondary N) is 2. The van der Waals surface area contributed by atoms with Gasteiger partial charge >= 0.3 is 0 Å². The van der Waals surface area contributed by atoms with Crippen LogP contribution in [-0.2, 0) is 4.79 Å². The van der Waals surface area contributed by atoms with E-state index in [0.717, 1.165) is 25.9 Å². The minimum atomic E-state index is -0.411. The molecule has 2 aromatic carbocycles. The van der Waals surface area contributed by atoms with Crippen LogP contribution < -0.4 is 15.4 Å². The summed E-state index contributed by atoms with van der Waals surface area (Å²) in [7, 11) is 0. The molecule has 0 radical (unpaired) electrons. The van der Waals surface area contributed by atoms with Crippen molar-refractivity contribution < 1.29 is 13.9 Å². The van der Waals surface area contributed by atoms with Gasteiger partial charge in [0.05, 0.1) is 5.69 Å². The van der Waals surface area contributed by atoms with Crippen LogP contribution in [0.4, 0.5) is 10.1 Å². The normalized spacial score (nSPS) is 16.1. The predicted octanol–water partition coefficient (Wildman–Crippen LogP) is 4.37. The Morgan fingerprint density at radius 1 is 1.24 bits per heavy atom. The van der Waals surface area contributed by atoms with Gasteiger partial charge in [-0.25, -0.2) is 4.39 Å². The van der Waals surface area contributed by atoms with Crippen molar-refractivity contribution in [3.63, 3.8) is 0 Å². The first-order valence-corrected chi connectivity index (χ1v) is 8.24. The summed E-state index contributed by atoms with van der Waals surface area (Å²) in [5, 5.41) is 6.06. The zero-order chi connectivity index (χ0) is 16.8. The van der Waals surface area contributed by atoms with Crippen LogP contribution in [0.15, 0.2) is 48.5 Å². The third-order valence-electron chi connectivity index (χ3n) is 4.13. The molecule has 1 heterocycles. The number of hydrogen-bond acceptors (Lipinski definition) is 3. The molecule has 1 amide bonds. The Hall–Kier alpha value is -2.11. The van der Waals surface area contributed by atoms with E-state index in [9.17, 15) is 9.18 Å². The van der Waals surface area contributed by atoms with Gasteiger partial charge in [0.25, 0.3) is 0 Å². The molecule has 1 unspecified atom stereocenters. The van der Waals surface area contributed by atoms with Crippen LogP contribution in [0.3, 0.4) is 0 Å². The minimum absolute atomic E-state index is 0. The molecule has 1 aliphatic rings. The topological polar surface area (TPSA) is 50.4 Å². The Morgan fingerprint density at radius 3 is 2.76 bits per heavy atom. The lowest BCUT2D eigenvalue weighted by molar-refractivity contribution is -0.116. The number of carbonyl (C=O) groups excluding carboxylic acids is 1. The molecule has 3 rings (SSSR count). The molecule has 0 saturated carbocycles. The highest BCUT2D eigenvalue weighted by atomic mass is 35.5. The number of benzene rings is 2. The summed E-state index contributed by atoms with van der Waals surface area (Å²) in [6.07, 6.45) is 2.37. The number of ether oxygens (including phenoxy) is 1. The van der Waals surface area contributed by atoms with E-state index in [0.29, 0.717) is 29.5 Å². The van der Waals surface area contributed by atoms with Crippen molar-refractivity contribution in [2.24, 2.45) is 5.92 Å². The third-order valence-corrected chi connectivity index (χ3v) is 4.13. The van der Waals surface area contributed by atoms with E-state index in [1.807, 2.05) is 30.3 Å². The molecule has 2 N–H and O–H groups in total. The maximum absolute atomic E-state index is 13.6. The van der Waals surface area contributed by atoms with Crippen molar-refractivity contribution in [3.05, 3.63) is 54.3 Å². The van der Waals surface area contributed by atoms with Crippen molar-refractivity contribution in [1.29, 1.82) is 0 Å². The Kier molecular flexibility index (Phi) is 7.22. The van der Waals surface area contributed by atoms with Gasteiger partial charge in [-0.05, 0) is 56.1 Å². The molecular weight excluding hydrogens is 343 g/mol. The number of halogens is 2. The lowest BCUT2D eigenvalue weighted by Gasteiger charge is -2.13. The van der Waals surface area contributed by atoms with Crippen LogP contribution in [0, 0.1) is 11.7 Å². The first-order chi connectivity index (χ1) is 11.7. The van der Waals surface area contributed by atoms with Crippen LogP contribution in [-0.4, -0.2) is 19.0 Å². The highest BCUT2D eigenvalue weighted by molar-refractivity contribution is 5.92. The van der Waals surface area contributed by atoms with Crippen LogP contribution >= 0.6 is 12.4 Å². The van der Waals surface area contributed by atoms with Gasteiger partial charge in [-0.15, -0.1) is 12.4 Å². The molecule has 6 heteroatoms. The van der Waals surface area contributed by atoms with Crippen LogP contribution in [0.1, 0.15) is 19.3 Å². The van der Waals surface area contributed by atoms with Gasteiger partial charge in [-0.3, -0.25) is 4.79 Å². The van der Waals surface area contributed by atoms with Crippen molar-refractivity contribution in [3.8, 4) is 11.5 Å². The summed E-state index contributed by atoms with van der Waals surface area (Å²) in [5.74, 6) is 1.08. The fourth-order valence-electron chi connectivity index (χ4n) is 2.81. The molecule has 0 aromatic heterocycles. The van der Waals surface area contributed by atoms with Gasteiger partial charge in [-0.2, -0.15) is 0 Å². The largest absolute Gasteiger partial charge is 0.455 e.